The second-order valence-electron chi connectivity index (χ2n) is 5.87. The molecule has 2 aromatic rings. The van der Waals surface area contributed by atoms with Gasteiger partial charge in [0.1, 0.15) is 5.82 Å². The summed E-state index contributed by atoms with van der Waals surface area (Å²) in [5, 5.41) is 9.23. The molecule has 1 unspecified atom stereocenters. The van der Waals surface area contributed by atoms with Gasteiger partial charge >= 0.3 is 5.97 Å². The number of carbonyl (C=O) groups is 1. The molecule has 0 spiro atoms. The van der Waals surface area contributed by atoms with E-state index in [0.29, 0.717) is 17.5 Å². The summed E-state index contributed by atoms with van der Waals surface area (Å²) >= 11 is 1.98. The summed E-state index contributed by atoms with van der Waals surface area (Å²) in [5.74, 6) is 2.83. The Morgan fingerprint density at radius 3 is 2.90 bits per heavy atom. The molecule has 3 rings (SSSR count). The van der Waals surface area contributed by atoms with Crippen LogP contribution in [0.3, 0.4) is 0 Å². The Labute approximate surface area is 128 Å². The minimum absolute atomic E-state index is 0.331. The smallest absolute Gasteiger partial charge is 0.335 e. The fraction of sp³-hybridized carbons (Fsp3) is 0.500. The van der Waals surface area contributed by atoms with E-state index in [9.17, 15) is 9.90 Å². The zero-order valence-corrected chi connectivity index (χ0v) is 13.2. The van der Waals surface area contributed by atoms with E-state index in [1.807, 2.05) is 17.8 Å². The first kappa shape index (κ1) is 14.4. The largest absolute Gasteiger partial charge is 0.478 e. The minimum atomic E-state index is -0.881. The van der Waals surface area contributed by atoms with Gasteiger partial charge in [0.2, 0.25) is 0 Å². The molecule has 0 aliphatic carbocycles. The van der Waals surface area contributed by atoms with E-state index in [2.05, 4.69) is 18.4 Å². The summed E-state index contributed by atoms with van der Waals surface area (Å²) in [7, 11) is 0. The topological polar surface area (TPSA) is 55.1 Å². The Bertz CT molecular complexity index is 672. The van der Waals surface area contributed by atoms with E-state index in [1.54, 1.807) is 12.1 Å². The summed E-state index contributed by atoms with van der Waals surface area (Å²) in [6.45, 7) is 4.29. The molecule has 21 heavy (non-hydrogen) atoms. The molecule has 1 aliphatic heterocycles. The van der Waals surface area contributed by atoms with Crippen molar-refractivity contribution in [2.45, 2.75) is 38.6 Å². The van der Waals surface area contributed by atoms with Gasteiger partial charge in [0.25, 0.3) is 0 Å². The molecule has 1 aromatic carbocycles. The van der Waals surface area contributed by atoms with E-state index < -0.39 is 5.97 Å². The maximum Gasteiger partial charge on any atom is 0.335 e. The highest BCUT2D eigenvalue weighted by molar-refractivity contribution is 7.99. The Balaban J connectivity index is 2.18. The number of rotatable bonds is 3. The molecule has 1 aromatic heterocycles. The second-order valence-corrected chi connectivity index (χ2v) is 7.02. The third-order valence-electron chi connectivity index (χ3n) is 3.98. The number of aromatic nitrogens is 2. The predicted octanol–water partition coefficient (Wildman–Crippen LogP) is 3.93. The maximum atomic E-state index is 11.2. The van der Waals surface area contributed by atoms with E-state index in [0.717, 1.165) is 29.0 Å². The van der Waals surface area contributed by atoms with Crippen molar-refractivity contribution < 1.29 is 9.90 Å². The number of hydrogen-bond donors (Lipinski definition) is 1. The van der Waals surface area contributed by atoms with E-state index in [1.165, 1.54) is 12.2 Å². The quantitative estimate of drug-likeness (QED) is 0.933. The molecule has 2 heterocycles. The Morgan fingerprint density at radius 2 is 2.29 bits per heavy atom. The third kappa shape index (κ3) is 2.67. The van der Waals surface area contributed by atoms with Crippen molar-refractivity contribution in [3.05, 3.63) is 29.6 Å². The van der Waals surface area contributed by atoms with Crippen LogP contribution in [-0.2, 0) is 0 Å². The highest BCUT2D eigenvalue weighted by Crippen LogP contribution is 2.33. The van der Waals surface area contributed by atoms with Crippen LogP contribution in [0.2, 0.25) is 0 Å². The molecule has 4 nitrogen and oxygen atoms in total. The van der Waals surface area contributed by atoms with E-state index in [-0.39, 0.29) is 0 Å². The number of benzene rings is 1. The highest BCUT2D eigenvalue weighted by Gasteiger charge is 2.23. The van der Waals surface area contributed by atoms with Crippen LogP contribution in [0.1, 0.15) is 54.8 Å². The predicted molar refractivity (Wildman–Crippen MR) is 86.4 cm³/mol. The van der Waals surface area contributed by atoms with Crippen LogP contribution in [0.5, 0.6) is 0 Å². The first-order valence-corrected chi connectivity index (χ1v) is 8.56. The van der Waals surface area contributed by atoms with Crippen molar-refractivity contribution in [3.8, 4) is 0 Å². The van der Waals surface area contributed by atoms with Crippen LogP contribution in [-0.4, -0.2) is 32.1 Å². The summed E-state index contributed by atoms with van der Waals surface area (Å²) in [6.07, 6.45) is 2.36. The van der Waals surface area contributed by atoms with Crippen molar-refractivity contribution in [1.29, 1.82) is 0 Å². The summed E-state index contributed by atoms with van der Waals surface area (Å²) in [6, 6.07) is 5.67. The molecular formula is C16H20N2O2S. The molecule has 112 valence electrons. The molecule has 1 aliphatic rings. The van der Waals surface area contributed by atoms with Crippen LogP contribution in [0.25, 0.3) is 11.0 Å². The molecule has 1 atom stereocenters. The van der Waals surface area contributed by atoms with E-state index >= 15 is 0 Å². The number of carboxylic acid groups (broad SMARTS) is 1. The van der Waals surface area contributed by atoms with Crippen molar-refractivity contribution >= 4 is 28.8 Å². The average Bonchev–Trinajstić information content (AvgIpc) is 2.86. The lowest BCUT2D eigenvalue weighted by molar-refractivity contribution is 0.0697. The molecule has 0 amide bonds. The SMILES string of the molecule is CC(C)c1nc2ccc(C(=O)O)cc2n1C1CCCSC1. The Kier molecular flexibility index (Phi) is 3.93. The number of imidazole rings is 1. The van der Waals surface area contributed by atoms with Gasteiger partial charge in [0.05, 0.1) is 16.6 Å². The van der Waals surface area contributed by atoms with E-state index in [4.69, 9.17) is 4.98 Å². The Hall–Kier alpha value is -1.49. The van der Waals surface area contributed by atoms with Crippen molar-refractivity contribution in [2.75, 3.05) is 11.5 Å². The lowest BCUT2D eigenvalue weighted by Gasteiger charge is -2.26. The lowest BCUT2D eigenvalue weighted by Crippen LogP contribution is -2.19. The molecule has 5 heteroatoms. The van der Waals surface area contributed by atoms with Crippen molar-refractivity contribution in [1.82, 2.24) is 9.55 Å². The molecule has 0 saturated carbocycles. The molecule has 0 bridgehead atoms. The zero-order chi connectivity index (χ0) is 15.0. The Morgan fingerprint density at radius 1 is 1.48 bits per heavy atom. The first-order chi connectivity index (χ1) is 10.1. The summed E-state index contributed by atoms with van der Waals surface area (Å²) in [5.41, 5.74) is 2.20. The second kappa shape index (κ2) is 5.72. The average molecular weight is 304 g/mol. The molecule has 1 N–H and O–H groups in total. The standard InChI is InChI=1S/C16H20N2O2S/c1-10(2)15-17-13-6-5-11(16(19)20)8-14(13)18(15)12-4-3-7-21-9-12/h5-6,8,10,12H,3-4,7,9H2,1-2H3,(H,19,20). The fourth-order valence-corrected chi connectivity index (χ4v) is 4.09. The van der Waals surface area contributed by atoms with Crippen LogP contribution in [0.4, 0.5) is 0 Å². The molecule has 1 fully saturated rings. The van der Waals surface area contributed by atoms with Crippen molar-refractivity contribution in [2.24, 2.45) is 0 Å². The van der Waals surface area contributed by atoms with Gasteiger partial charge in [0.15, 0.2) is 0 Å². The maximum absolute atomic E-state index is 11.2. The highest BCUT2D eigenvalue weighted by atomic mass is 32.2. The van der Waals surface area contributed by atoms with Gasteiger partial charge in [-0.1, -0.05) is 13.8 Å². The van der Waals surface area contributed by atoms with Crippen LogP contribution in [0, 0.1) is 0 Å². The van der Waals surface area contributed by atoms with Gasteiger partial charge in [-0.3, -0.25) is 0 Å². The van der Waals surface area contributed by atoms with Crippen molar-refractivity contribution in [3.63, 3.8) is 0 Å². The molecule has 1 saturated heterocycles. The minimum Gasteiger partial charge on any atom is -0.478 e. The zero-order valence-electron chi connectivity index (χ0n) is 12.4. The summed E-state index contributed by atoms with van der Waals surface area (Å²) < 4.78 is 2.29. The fourth-order valence-electron chi connectivity index (χ4n) is 2.96. The molecular weight excluding hydrogens is 284 g/mol. The van der Waals surface area contributed by atoms with Crippen LogP contribution >= 0.6 is 11.8 Å². The molecule has 0 radical (unpaired) electrons. The van der Waals surface area contributed by atoms with Gasteiger partial charge in [0, 0.05) is 17.7 Å². The summed E-state index contributed by atoms with van der Waals surface area (Å²) in [4.78, 5) is 16.0. The first-order valence-electron chi connectivity index (χ1n) is 7.41. The monoisotopic (exact) mass is 304 g/mol. The number of aromatic carboxylic acids is 1. The van der Waals surface area contributed by atoms with Crippen LogP contribution < -0.4 is 0 Å². The van der Waals surface area contributed by atoms with Crippen LogP contribution in [0.15, 0.2) is 18.2 Å². The number of fused-ring (bicyclic) bond motifs is 1. The number of carboxylic acids is 1. The normalized spacial score (nSPS) is 19.3. The van der Waals surface area contributed by atoms with Gasteiger partial charge in [-0.2, -0.15) is 11.8 Å². The number of nitrogens with zero attached hydrogens (tertiary/aromatic N) is 2. The van der Waals surface area contributed by atoms with Gasteiger partial charge in [-0.05, 0) is 36.8 Å². The van der Waals surface area contributed by atoms with Gasteiger partial charge in [-0.25, -0.2) is 9.78 Å². The lowest BCUT2D eigenvalue weighted by atomic mass is 10.1. The third-order valence-corrected chi connectivity index (χ3v) is 5.18. The number of hydrogen-bond acceptors (Lipinski definition) is 3. The number of thioether (sulfide) groups is 1. The van der Waals surface area contributed by atoms with Gasteiger partial charge in [-0.15, -0.1) is 0 Å². The van der Waals surface area contributed by atoms with Gasteiger partial charge < -0.3 is 9.67 Å².